The van der Waals surface area contributed by atoms with Crippen LogP contribution in [0.1, 0.15) is 13.3 Å². The SMILES string of the molecule is C=C/C=C\C=C(\C)CCO. The zero-order valence-electron chi connectivity index (χ0n) is 6.38. The Labute approximate surface area is 62.4 Å². The average molecular weight is 138 g/mol. The molecule has 0 spiro atoms. The highest BCUT2D eigenvalue weighted by Crippen LogP contribution is 1.97. The summed E-state index contributed by atoms with van der Waals surface area (Å²) in [5, 5.41) is 8.51. The largest absolute Gasteiger partial charge is 0.396 e. The predicted molar refractivity (Wildman–Crippen MR) is 44.8 cm³/mol. The average Bonchev–Trinajstić information content (AvgIpc) is 1.89. The molecule has 1 heteroatoms. The van der Waals surface area contributed by atoms with Crippen molar-refractivity contribution in [2.75, 3.05) is 6.61 Å². The molecule has 0 radical (unpaired) electrons. The van der Waals surface area contributed by atoms with Gasteiger partial charge in [0.05, 0.1) is 0 Å². The lowest BCUT2D eigenvalue weighted by molar-refractivity contribution is 0.299. The summed E-state index contributed by atoms with van der Waals surface area (Å²) >= 11 is 0. The summed E-state index contributed by atoms with van der Waals surface area (Å²) in [5.74, 6) is 0. The summed E-state index contributed by atoms with van der Waals surface area (Å²) in [6.45, 7) is 5.75. The fourth-order valence-corrected chi connectivity index (χ4v) is 0.558. The lowest BCUT2D eigenvalue weighted by Crippen LogP contribution is -1.82. The fraction of sp³-hybridized carbons (Fsp3) is 0.333. The van der Waals surface area contributed by atoms with Gasteiger partial charge in [-0.05, 0) is 13.3 Å². The maximum Gasteiger partial charge on any atom is 0.0468 e. The lowest BCUT2D eigenvalue weighted by atomic mass is 10.2. The molecule has 1 nitrogen and oxygen atoms in total. The number of aliphatic hydroxyl groups excluding tert-OH is 1. The second-order valence-electron chi connectivity index (χ2n) is 2.11. The molecule has 0 heterocycles. The number of hydrogen-bond donors (Lipinski definition) is 1. The molecule has 0 amide bonds. The van der Waals surface area contributed by atoms with Crippen molar-refractivity contribution in [2.45, 2.75) is 13.3 Å². The van der Waals surface area contributed by atoms with E-state index in [0.717, 1.165) is 6.42 Å². The van der Waals surface area contributed by atoms with Gasteiger partial charge in [-0.2, -0.15) is 0 Å². The number of aliphatic hydroxyl groups is 1. The van der Waals surface area contributed by atoms with Crippen molar-refractivity contribution in [3.63, 3.8) is 0 Å². The zero-order valence-corrected chi connectivity index (χ0v) is 6.38. The van der Waals surface area contributed by atoms with Crippen LogP contribution in [0.25, 0.3) is 0 Å². The van der Waals surface area contributed by atoms with Crippen molar-refractivity contribution in [1.29, 1.82) is 0 Å². The first-order valence-electron chi connectivity index (χ1n) is 3.37. The quantitative estimate of drug-likeness (QED) is 0.589. The van der Waals surface area contributed by atoms with Gasteiger partial charge in [-0.1, -0.05) is 36.5 Å². The van der Waals surface area contributed by atoms with E-state index >= 15 is 0 Å². The van der Waals surface area contributed by atoms with E-state index < -0.39 is 0 Å². The van der Waals surface area contributed by atoms with Crippen LogP contribution < -0.4 is 0 Å². The zero-order chi connectivity index (χ0) is 7.82. The Morgan fingerprint density at radius 2 is 2.20 bits per heavy atom. The van der Waals surface area contributed by atoms with Crippen molar-refractivity contribution in [3.8, 4) is 0 Å². The second kappa shape index (κ2) is 6.30. The highest BCUT2D eigenvalue weighted by molar-refractivity contribution is 5.13. The van der Waals surface area contributed by atoms with E-state index in [4.69, 9.17) is 5.11 Å². The lowest BCUT2D eigenvalue weighted by Gasteiger charge is -1.91. The van der Waals surface area contributed by atoms with Crippen LogP contribution in [-0.4, -0.2) is 11.7 Å². The van der Waals surface area contributed by atoms with E-state index in [1.807, 2.05) is 25.2 Å². The minimum Gasteiger partial charge on any atom is -0.396 e. The highest BCUT2D eigenvalue weighted by Gasteiger charge is 1.82. The van der Waals surface area contributed by atoms with Crippen LogP contribution in [0, 0.1) is 0 Å². The smallest absolute Gasteiger partial charge is 0.0468 e. The van der Waals surface area contributed by atoms with Gasteiger partial charge >= 0.3 is 0 Å². The third-order valence-corrected chi connectivity index (χ3v) is 1.13. The molecule has 0 aromatic carbocycles. The van der Waals surface area contributed by atoms with Crippen LogP contribution in [0.15, 0.2) is 36.5 Å². The standard InChI is InChI=1S/C9H14O/c1-3-4-5-6-9(2)7-8-10/h3-6,10H,1,7-8H2,2H3/b5-4-,9-6-. The summed E-state index contributed by atoms with van der Waals surface area (Å²) < 4.78 is 0. The molecule has 0 fully saturated rings. The number of allylic oxidation sites excluding steroid dienone is 4. The van der Waals surface area contributed by atoms with E-state index in [1.165, 1.54) is 5.57 Å². The molecule has 0 unspecified atom stereocenters. The molecule has 56 valence electrons. The first kappa shape index (κ1) is 9.18. The number of rotatable bonds is 4. The van der Waals surface area contributed by atoms with Gasteiger partial charge in [0, 0.05) is 6.61 Å². The molecule has 0 atom stereocenters. The minimum absolute atomic E-state index is 0.226. The van der Waals surface area contributed by atoms with Gasteiger partial charge in [0.1, 0.15) is 0 Å². The van der Waals surface area contributed by atoms with Gasteiger partial charge in [0.2, 0.25) is 0 Å². The van der Waals surface area contributed by atoms with E-state index in [-0.39, 0.29) is 6.61 Å². The van der Waals surface area contributed by atoms with Crippen LogP contribution in [0.2, 0.25) is 0 Å². The topological polar surface area (TPSA) is 20.2 Å². The monoisotopic (exact) mass is 138 g/mol. The molecule has 0 rings (SSSR count). The van der Waals surface area contributed by atoms with E-state index in [2.05, 4.69) is 6.58 Å². The third-order valence-electron chi connectivity index (χ3n) is 1.13. The van der Waals surface area contributed by atoms with Gasteiger partial charge in [-0.15, -0.1) is 0 Å². The van der Waals surface area contributed by atoms with Crippen LogP contribution in [0.4, 0.5) is 0 Å². The Balaban J connectivity index is 3.67. The molecular weight excluding hydrogens is 124 g/mol. The normalized spacial score (nSPS) is 12.4. The Morgan fingerprint density at radius 1 is 1.50 bits per heavy atom. The summed E-state index contributed by atoms with van der Waals surface area (Å²) in [6, 6.07) is 0. The molecule has 0 aromatic rings. The molecule has 0 aromatic heterocycles. The Morgan fingerprint density at radius 3 is 2.70 bits per heavy atom. The van der Waals surface area contributed by atoms with Crippen LogP contribution in [0.3, 0.4) is 0 Å². The van der Waals surface area contributed by atoms with Gasteiger partial charge in [0.15, 0.2) is 0 Å². The number of hydrogen-bond acceptors (Lipinski definition) is 1. The van der Waals surface area contributed by atoms with E-state index in [1.54, 1.807) is 6.08 Å². The molecular formula is C9H14O. The van der Waals surface area contributed by atoms with Crippen molar-refractivity contribution < 1.29 is 5.11 Å². The van der Waals surface area contributed by atoms with Crippen LogP contribution in [-0.2, 0) is 0 Å². The van der Waals surface area contributed by atoms with Crippen molar-refractivity contribution >= 4 is 0 Å². The maximum absolute atomic E-state index is 8.51. The molecule has 0 aliphatic heterocycles. The van der Waals surface area contributed by atoms with Crippen molar-refractivity contribution in [3.05, 3.63) is 36.5 Å². The van der Waals surface area contributed by atoms with Crippen molar-refractivity contribution in [1.82, 2.24) is 0 Å². The molecule has 0 saturated heterocycles. The summed E-state index contributed by atoms with van der Waals surface area (Å²) in [4.78, 5) is 0. The molecule has 0 bridgehead atoms. The molecule has 0 aliphatic carbocycles. The predicted octanol–water partition coefficient (Wildman–Crippen LogP) is 2.06. The molecule has 0 saturated carbocycles. The molecule has 0 aliphatic rings. The van der Waals surface area contributed by atoms with Crippen LogP contribution in [0.5, 0.6) is 0 Å². The van der Waals surface area contributed by atoms with E-state index in [0.29, 0.717) is 0 Å². The highest BCUT2D eigenvalue weighted by atomic mass is 16.2. The van der Waals surface area contributed by atoms with Crippen LogP contribution >= 0.6 is 0 Å². The Hall–Kier alpha value is -0.820. The molecule has 10 heavy (non-hydrogen) atoms. The van der Waals surface area contributed by atoms with Gasteiger partial charge in [-0.25, -0.2) is 0 Å². The molecule has 1 N–H and O–H groups in total. The first-order valence-corrected chi connectivity index (χ1v) is 3.37. The van der Waals surface area contributed by atoms with Gasteiger partial charge in [0.25, 0.3) is 0 Å². The Kier molecular flexibility index (Phi) is 5.79. The maximum atomic E-state index is 8.51. The second-order valence-corrected chi connectivity index (χ2v) is 2.11. The fourth-order valence-electron chi connectivity index (χ4n) is 0.558. The van der Waals surface area contributed by atoms with E-state index in [9.17, 15) is 0 Å². The first-order chi connectivity index (χ1) is 4.81. The van der Waals surface area contributed by atoms with Gasteiger partial charge < -0.3 is 5.11 Å². The third kappa shape index (κ3) is 5.32. The minimum atomic E-state index is 0.226. The summed E-state index contributed by atoms with van der Waals surface area (Å²) in [6.07, 6.45) is 8.22. The summed E-state index contributed by atoms with van der Waals surface area (Å²) in [7, 11) is 0. The van der Waals surface area contributed by atoms with Crippen molar-refractivity contribution in [2.24, 2.45) is 0 Å². The van der Waals surface area contributed by atoms with Gasteiger partial charge in [-0.3, -0.25) is 0 Å². The summed E-state index contributed by atoms with van der Waals surface area (Å²) in [5.41, 5.74) is 1.18. The Bertz CT molecular complexity index is 143.